The maximum absolute atomic E-state index is 12.1. The Hall–Kier alpha value is -2.30. The van der Waals surface area contributed by atoms with Crippen molar-refractivity contribution >= 4 is 40.6 Å². The summed E-state index contributed by atoms with van der Waals surface area (Å²) in [5, 5.41) is 0. The molecule has 4 rings (SSSR count). The molecule has 0 aliphatic carbocycles. The first-order chi connectivity index (χ1) is 13.1. The molecule has 3 aliphatic heterocycles. The van der Waals surface area contributed by atoms with Crippen molar-refractivity contribution in [2.24, 2.45) is 0 Å². The highest BCUT2D eigenvalue weighted by Crippen LogP contribution is 2.41. The molecule has 3 fully saturated rings. The van der Waals surface area contributed by atoms with E-state index in [9.17, 15) is 14.4 Å². The number of hydrogen-bond acceptors (Lipinski definition) is 7. The topological polar surface area (TPSA) is 91.4 Å². The molecule has 1 aromatic carbocycles. The summed E-state index contributed by atoms with van der Waals surface area (Å²) in [6.07, 6.45) is -2.29. The number of halogens is 1. The average Bonchev–Trinajstić information content (AvgIpc) is 3.17. The Morgan fingerprint density at radius 1 is 1.19 bits per heavy atom. The van der Waals surface area contributed by atoms with Crippen molar-refractivity contribution in [3.8, 4) is 0 Å². The minimum Gasteiger partial charge on any atom is -0.467 e. The van der Waals surface area contributed by atoms with Crippen LogP contribution >= 0.6 is 22.6 Å². The molecule has 2 unspecified atom stereocenters. The number of carbonyl (C=O) groups excluding carboxylic acids is 3. The molecule has 3 atom stereocenters. The van der Waals surface area contributed by atoms with Gasteiger partial charge in [-0.15, -0.1) is 0 Å². The fraction of sp³-hybridized carbons (Fsp3) is 0.389. The summed E-state index contributed by atoms with van der Waals surface area (Å²) in [6, 6.07) is 9.14. The van der Waals surface area contributed by atoms with Gasteiger partial charge >= 0.3 is 12.1 Å². The molecule has 0 spiro atoms. The van der Waals surface area contributed by atoms with Crippen molar-refractivity contribution in [1.82, 2.24) is 4.90 Å². The fourth-order valence-corrected chi connectivity index (χ4v) is 3.64. The van der Waals surface area contributed by atoms with Gasteiger partial charge in [0.15, 0.2) is 12.0 Å². The SMILES string of the molecule is O=C(OCc1ccccc1)OC1C(=C2CC(CI)OC2=O)O[C@@H]2CC(=O)N12. The number of nitrogens with zero attached hydrogens (tertiary/aromatic N) is 1. The minimum absolute atomic E-state index is 0.0372. The lowest BCUT2D eigenvalue weighted by molar-refractivity contribution is -0.165. The molecule has 0 saturated carbocycles. The quantitative estimate of drug-likeness (QED) is 0.213. The summed E-state index contributed by atoms with van der Waals surface area (Å²) >= 11 is 2.13. The molecule has 8 nitrogen and oxygen atoms in total. The first-order valence-corrected chi connectivity index (χ1v) is 9.94. The largest absolute Gasteiger partial charge is 0.510 e. The summed E-state index contributed by atoms with van der Waals surface area (Å²) in [5.74, 6) is -0.555. The van der Waals surface area contributed by atoms with E-state index < -0.39 is 24.6 Å². The van der Waals surface area contributed by atoms with Crippen LogP contribution < -0.4 is 0 Å². The zero-order chi connectivity index (χ0) is 19.0. The van der Waals surface area contributed by atoms with Crippen LogP contribution in [-0.4, -0.2) is 45.9 Å². The van der Waals surface area contributed by atoms with Gasteiger partial charge in [0.1, 0.15) is 12.7 Å². The van der Waals surface area contributed by atoms with Crippen molar-refractivity contribution in [2.45, 2.75) is 38.0 Å². The van der Waals surface area contributed by atoms with Gasteiger partial charge in [-0.05, 0) is 5.56 Å². The molecular formula is C18H16INO7. The average molecular weight is 485 g/mol. The van der Waals surface area contributed by atoms with E-state index in [1.54, 1.807) is 0 Å². The number of alkyl halides is 1. The van der Waals surface area contributed by atoms with E-state index in [-0.39, 0.29) is 30.8 Å². The van der Waals surface area contributed by atoms with Gasteiger partial charge in [0.05, 0.1) is 12.0 Å². The van der Waals surface area contributed by atoms with Crippen LogP contribution in [0.3, 0.4) is 0 Å². The minimum atomic E-state index is -1.10. The van der Waals surface area contributed by atoms with E-state index in [0.29, 0.717) is 16.4 Å². The summed E-state index contributed by atoms with van der Waals surface area (Å²) in [6.45, 7) is 0.0372. The van der Waals surface area contributed by atoms with Gasteiger partial charge in [-0.25, -0.2) is 9.59 Å². The number of hydrogen-bond donors (Lipinski definition) is 0. The molecule has 1 aromatic rings. The Labute approximate surface area is 168 Å². The number of rotatable bonds is 4. The van der Waals surface area contributed by atoms with Crippen molar-refractivity contribution < 1.29 is 33.3 Å². The standard InChI is InChI=1S/C18H16INO7/c19-8-11-6-12(17(22)25-11)15-16(20-13(21)7-14(20)26-15)27-18(23)24-9-10-4-2-1-3-5-10/h1-5,11,14,16H,6-9H2/t11?,14-,16?/m1/s1. The van der Waals surface area contributed by atoms with Gasteiger partial charge in [-0.1, -0.05) is 52.9 Å². The predicted octanol–water partition coefficient (Wildman–Crippen LogP) is 2.26. The molecule has 142 valence electrons. The molecule has 3 saturated heterocycles. The van der Waals surface area contributed by atoms with E-state index in [1.807, 2.05) is 30.3 Å². The molecule has 0 bridgehead atoms. The van der Waals surface area contributed by atoms with E-state index >= 15 is 0 Å². The third-order valence-corrected chi connectivity index (χ3v) is 5.50. The van der Waals surface area contributed by atoms with Gasteiger partial charge in [0, 0.05) is 10.8 Å². The van der Waals surface area contributed by atoms with Gasteiger partial charge in [-0.3, -0.25) is 9.69 Å². The maximum atomic E-state index is 12.1. The number of carbonyl (C=O) groups is 3. The van der Waals surface area contributed by atoms with Crippen LogP contribution in [0.5, 0.6) is 0 Å². The summed E-state index contributed by atoms with van der Waals surface area (Å²) < 4.78 is 22.0. The molecule has 9 heteroatoms. The van der Waals surface area contributed by atoms with Crippen LogP contribution in [0.2, 0.25) is 0 Å². The van der Waals surface area contributed by atoms with Crippen LogP contribution in [0.25, 0.3) is 0 Å². The third kappa shape index (κ3) is 3.47. The Balaban J connectivity index is 1.49. The lowest BCUT2D eigenvalue weighted by Crippen LogP contribution is -2.53. The Bertz CT molecular complexity index is 809. The van der Waals surface area contributed by atoms with Gasteiger partial charge < -0.3 is 18.9 Å². The van der Waals surface area contributed by atoms with E-state index in [4.69, 9.17) is 18.9 Å². The first-order valence-electron chi connectivity index (χ1n) is 8.42. The van der Waals surface area contributed by atoms with E-state index in [2.05, 4.69) is 22.6 Å². The number of fused-ring (bicyclic) bond motifs is 1. The highest BCUT2D eigenvalue weighted by molar-refractivity contribution is 14.1. The second-order valence-corrected chi connectivity index (χ2v) is 7.18. The Morgan fingerprint density at radius 3 is 2.63 bits per heavy atom. The van der Waals surface area contributed by atoms with Crippen LogP contribution in [0, 0.1) is 0 Å². The lowest BCUT2D eigenvalue weighted by Gasteiger charge is -2.33. The molecule has 1 amide bonds. The monoisotopic (exact) mass is 485 g/mol. The van der Waals surface area contributed by atoms with Gasteiger partial charge in [0.25, 0.3) is 0 Å². The Kier molecular flexibility index (Phi) is 4.94. The fourth-order valence-electron chi connectivity index (χ4n) is 3.15. The van der Waals surface area contributed by atoms with Crippen molar-refractivity contribution in [3.63, 3.8) is 0 Å². The number of cyclic esters (lactones) is 1. The van der Waals surface area contributed by atoms with Gasteiger partial charge in [-0.2, -0.15) is 0 Å². The zero-order valence-corrected chi connectivity index (χ0v) is 16.3. The van der Waals surface area contributed by atoms with E-state index in [0.717, 1.165) is 5.56 Å². The second-order valence-electron chi connectivity index (χ2n) is 6.30. The predicted molar refractivity (Wildman–Crippen MR) is 98.2 cm³/mol. The van der Waals surface area contributed by atoms with Crippen molar-refractivity contribution in [1.29, 1.82) is 0 Å². The second kappa shape index (κ2) is 7.37. The number of amides is 1. The van der Waals surface area contributed by atoms with Crippen molar-refractivity contribution in [3.05, 3.63) is 47.2 Å². The third-order valence-electron chi connectivity index (χ3n) is 4.52. The summed E-state index contributed by atoms with van der Waals surface area (Å²) in [7, 11) is 0. The molecule has 3 aliphatic rings. The highest BCUT2D eigenvalue weighted by atomic mass is 127. The first kappa shape index (κ1) is 18.1. The number of benzene rings is 1. The normalized spacial score (nSPS) is 28.9. The van der Waals surface area contributed by atoms with E-state index in [1.165, 1.54) is 4.90 Å². The summed E-state index contributed by atoms with van der Waals surface area (Å²) in [5.41, 5.74) is 1.11. The maximum Gasteiger partial charge on any atom is 0.510 e. The van der Waals surface area contributed by atoms with Crippen LogP contribution in [0.4, 0.5) is 4.79 Å². The van der Waals surface area contributed by atoms with Crippen LogP contribution in [0.15, 0.2) is 41.7 Å². The molecule has 0 radical (unpaired) electrons. The summed E-state index contributed by atoms with van der Waals surface area (Å²) in [4.78, 5) is 37.5. The number of esters is 1. The highest BCUT2D eigenvalue weighted by Gasteiger charge is 2.55. The van der Waals surface area contributed by atoms with Crippen molar-refractivity contribution in [2.75, 3.05) is 4.43 Å². The molecule has 0 N–H and O–H groups in total. The van der Waals surface area contributed by atoms with Crippen LogP contribution in [0.1, 0.15) is 18.4 Å². The van der Waals surface area contributed by atoms with Gasteiger partial charge in [0.2, 0.25) is 12.1 Å². The number of β-lactam (4-membered cyclic amide) rings is 1. The molecule has 0 aromatic heterocycles. The smallest absolute Gasteiger partial charge is 0.467 e. The van der Waals surface area contributed by atoms with Crippen LogP contribution in [-0.2, 0) is 35.1 Å². The molecule has 27 heavy (non-hydrogen) atoms. The molecule has 3 heterocycles. The lowest BCUT2D eigenvalue weighted by atomic mass is 10.1. The Morgan fingerprint density at radius 2 is 1.96 bits per heavy atom. The number of ether oxygens (including phenoxy) is 4. The molecular weight excluding hydrogens is 469 g/mol. The zero-order valence-electron chi connectivity index (χ0n) is 14.1.